The highest BCUT2D eigenvalue weighted by molar-refractivity contribution is 7.92. The average Bonchev–Trinajstić information content (AvgIpc) is 3.18. The lowest BCUT2D eigenvalue weighted by Crippen LogP contribution is -2.39. The third-order valence-corrected chi connectivity index (χ3v) is 6.37. The number of carboxylic acid groups (broad SMARTS) is 1. The maximum absolute atomic E-state index is 12.8. The van der Waals surface area contributed by atoms with Gasteiger partial charge in [-0.05, 0) is 17.7 Å². The molecule has 1 saturated carbocycles. The Morgan fingerprint density at radius 1 is 1.00 bits per heavy atom. The van der Waals surface area contributed by atoms with Gasteiger partial charge >= 0.3 is 5.97 Å². The molecule has 2 aromatic carbocycles. The molecule has 5 nitrogen and oxygen atoms in total. The monoisotopic (exact) mass is 317 g/mol. The van der Waals surface area contributed by atoms with Crippen LogP contribution in [0.25, 0.3) is 0 Å². The average molecular weight is 317 g/mol. The second-order valence-corrected chi connectivity index (χ2v) is 7.47. The van der Waals surface area contributed by atoms with Crippen molar-refractivity contribution >= 4 is 15.8 Å². The summed E-state index contributed by atoms with van der Waals surface area (Å²) in [4.78, 5) is 11.7. The molecule has 3 N–H and O–H groups in total. The third kappa shape index (κ3) is 2.03. The summed E-state index contributed by atoms with van der Waals surface area (Å²) >= 11 is 0. The first-order chi connectivity index (χ1) is 10.4. The van der Waals surface area contributed by atoms with Gasteiger partial charge in [-0.1, -0.05) is 48.5 Å². The number of sulfone groups is 1. The van der Waals surface area contributed by atoms with E-state index in [0.29, 0.717) is 5.56 Å². The van der Waals surface area contributed by atoms with Gasteiger partial charge in [0, 0.05) is 5.92 Å². The van der Waals surface area contributed by atoms with Crippen LogP contribution in [0, 0.1) is 0 Å². The zero-order valence-electron chi connectivity index (χ0n) is 11.6. The molecule has 22 heavy (non-hydrogen) atoms. The Morgan fingerprint density at radius 3 is 2.00 bits per heavy atom. The van der Waals surface area contributed by atoms with E-state index in [0.717, 1.165) is 0 Å². The van der Waals surface area contributed by atoms with Crippen LogP contribution in [-0.4, -0.2) is 30.3 Å². The van der Waals surface area contributed by atoms with Crippen molar-refractivity contribution in [1.29, 1.82) is 0 Å². The van der Waals surface area contributed by atoms with Gasteiger partial charge in [-0.2, -0.15) is 0 Å². The van der Waals surface area contributed by atoms with Crippen molar-refractivity contribution in [2.24, 2.45) is 5.73 Å². The summed E-state index contributed by atoms with van der Waals surface area (Å²) in [5.41, 5.74) is 4.78. The summed E-state index contributed by atoms with van der Waals surface area (Å²) in [5.74, 6) is -2.05. The molecule has 3 atom stereocenters. The zero-order valence-corrected chi connectivity index (χ0v) is 12.4. The first-order valence-corrected chi connectivity index (χ1v) is 8.31. The molecule has 0 aromatic heterocycles. The molecular formula is C16H15NO4S. The number of nitrogens with two attached hydrogens (primary N) is 1. The van der Waals surface area contributed by atoms with Gasteiger partial charge in [0.1, 0.15) is 10.8 Å². The van der Waals surface area contributed by atoms with E-state index in [2.05, 4.69) is 0 Å². The van der Waals surface area contributed by atoms with E-state index < -0.39 is 32.5 Å². The largest absolute Gasteiger partial charge is 0.480 e. The van der Waals surface area contributed by atoms with E-state index in [1.807, 2.05) is 0 Å². The summed E-state index contributed by atoms with van der Waals surface area (Å²) in [6, 6.07) is 16.5. The Morgan fingerprint density at radius 2 is 1.50 bits per heavy atom. The lowest BCUT2D eigenvalue weighted by molar-refractivity contribution is -0.139. The second kappa shape index (κ2) is 4.93. The fourth-order valence-corrected chi connectivity index (χ4v) is 5.19. The van der Waals surface area contributed by atoms with Crippen molar-refractivity contribution in [1.82, 2.24) is 0 Å². The van der Waals surface area contributed by atoms with Crippen LogP contribution in [-0.2, 0) is 14.6 Å². The molecule has 2 aromatic rings. The molecule has 0 saturated heterocycles. The van der Waals surface area contributed by atoms with Crippen molar-refractivity contribution in [2.45, 2.75) is 21.6 Å². The molecule has 1 aliphatic rings. The van der Waals surface area contributed by atoms with Crippen molar-refractivity contribution in [3.8, 4) is 0 Å². The van der Waals surface area contributed by atoms with E-state index in [4.69, 9.17) is 5.73 Å². The summed E-state index contributed by atoms with van der Waals surface area (Å²) < 4.78 is 25.5. The van der Waals surface area contributed by atoms with Crippen LogP contribution in [0.5, 0.6) is 0 Å². The molecule has 1 aliphatic carbocycles. The van der Waals surface area contributed by atoms with Crippen LogP contribution in [0.15, 0.2) is 65.6 Å². The van der Waals surface area contributed by atoms with Gasteiger partial charge in [-0.15, -0.1) is 0 Å². The summed E-state index contributed by atoms with van der Waals surface area (Å²) in [5, 5.41) is 8.27. The topological polar surface area (TPSA) is 97.5 Å². The molecule has 0 radical (unpaired) electrons. The van der Waals surface area contributed by atoms with Gasteiger partial charge in [0.2, 0.25) is 0 Å². The Kier molecular flexibility index (Phi) is 3.30. The minimum Gasteiger partial charge on any atom is -0.480 e. The SMILES string of the molecule is NC1(C(=O)O)C(c2ccccc2)C1S(=O)(=O)c1ccccc1. The van der Waals surface area contributed by atoms with Crippen molar-refractivity contribution in [3.05, 3.63) is 66.2 Å². The molecule has 0 amide bonds. The minimum atomic E-state index is -3.82. The van der Waals surface area contributed by atoms with E-state index in [-0.39, 0.29) is 4.90 Å². The fraction of sp³-hybridized carbons (Fsp3) is 0.188. The summed E-state index contributed by atoms with van der Waals surface area (Å²) in [6.45, 7) is 0. The lowest BCUT2D eigenvalue weighted by atomic mass is 10.1. The lowest BCUT2D eigenvalue weighted by Gasteiger charge is -2.06. The Hall–Kier alpha value is -2.18. The summed E-state index contributed by atoms with van der Waals surface area (Å²) in [6.07, 6.45) is 0. The van der Waals surface area contributed by atoms with Crippen LogP contribution < -0.4 is 5.73 Å². The molecule has 1 fully saturated rings. The molecule has 0 heterocycles. The standard InChI is InChI=1S/C16H15NO4S/c17-16(15(18)19)13(11-7-3-1-4-8-11)14(16)22(20,21)12-9-5-2-6-10-12/h1-10,13-14H,17H2,(H,18,19). The number of rotatable bonds is 4. The number of hydrogen-bond acceptors (Lipinski definition) is 4. The van der Waals surface area contributed by atoms with Gasteiger partial charge in [-0.3, -0.25) is 4.79 Å². The Bertz CT molecular complexity index is 805. The highest BCUT2D eigenvalue weighted by Gasteiger charge is 2.74. The number of aliphatic carboxylic acids is 1. The molecule has 0 aliphatic heterocycles. The summed E-state index contributed by atoms with van der Waals surface area (Å²) in [7, 11) is -3.82. The van der Waals surface area contributed by atoms with E-state index in [9.17, 15) is 18.3 Å². The maximum atomic E-state index is 12.8. The highest BCUT2D eigenvalue weighted by Crippen LogP contribution is 2.55. The first-order valence-electron chi connectivity index (χ1n) is 6.76. The molecule has 6 heteroatoms. The smallest absolute Gasteiger partial charge is 0.325 e. The maximum Gasteiger partial charge on any atom is 0.325 e. The van der Waals surface area contributed by atoms with E-state index >= 15 is 0 Å². The molecule has 3 unspecified atom stereocenters. The van der Waals surface area contributed by atoms with Gasteiger partial charge in [0.25, 0.3) is 0 Å². The van der Waals surface area contributed by atoms with Gasteiger partial charge in [-0.25, -0.2) is 8.42 Å². The van der Waals surface area contributed by atoms with Crippen molar-refractivity contribution in [3.63, 3.8) is 0 Å². The fourth-order valence-electron chi connectivity index (χ4n) is 2.93. The quantitative estimate of drug-likeness (QED) is 0.888. The van der Waals surface area contributed by atoms with Crippen LogP contribution in [0.2, 0.25) is 0 Å². The number of benzene rings is 2. The first kappa shape index (κ1) is 14.7. The van der Waals surface area contributed by atoms with E-state index in [1.54, 1.807) is 48.5 Å². The van der Waals surface area contributed by atoms with Crippen LogP contribution in [0.3, 0.4) is 0 Å². The van der Waals surface area contributed by atoms with Crippen molar-refractivity contribution < 1.29 is 18.3 Å². The predicted octanol–water partition coefficient (Wildman–Crippen LogP) is 1.41. The molecule has 3 rings (SSSR count). The van der Waals surface area contributed by atoms with Gasteiger partial charge in [0.05, 0.1) is 4.90 Å². The zero-order chi connectivity index (χ0) is 16.0. The van der Waals surface area contributed by atoms with E-state index in [1.165, 1.54) is 12.1 Å². The van der Waals surface area contributed by atoms with Gasteiger partial charge < -0.3 is 10.8 Å². The predicted molar refractivity (Wildman–Crippen MR) is 81.2 cm³/mol. The number of hydrogen-bond donors (Lipinski definition) is 2. The Labute approximate surface area is 128 Å². The normalized spacial score (nSPS) is 27.3. The number of carbonyl (C=O) groups is 1. The van der Waals surface area contributed by atoms with Crippen molar-refractivity contribution in [2.75, 3.05) is 0 Å². The Balaban J connectivity index is 2.08. The van der Waals surface area contributed by atoms with Gasteiger partial charge in [0.15, 0.2) is 9.84 Å². The highest BCUT2D eigenvalue weighted by atomic mass is 32.2. The minimum absolute atomic E-state index is 0.0921. The molecular weight excluding hydrogens is 302 g/mol. The van der Waals surface area contributed by atoms with Crippen LogP contribution in [0.4, 0.5) is 0 Å². The number of carboxylic acids is 1. The van der Waals surface area contributed by atoms with Crippen LogP contribution >= 0.6 is 0 Å². The molecule has 0 spiro atoms. The van der Waals surface area contributed by atoms with Crippen LogP contribution in [0.1, 0.15) is 11.5 Å². The molecule has 114 valence electrons. The molecule has 0 bridgehead atoms. The second-order valence-electron chi connectivity index (χ2n) is 5.41. The third-order valence-electron chi connectivity index (χ3n) is 4.11.